The number of rotatable bonds is 19. The summed E-state index contributed by atoms with van der Waals surface area (Å²) in [7, 11) is 3.19. The molecule has 1 aromatic heterocycles. The molecule has 0 spiro atoms. The molecule has 1 fully saturated rings. The van der Waals surface area contributed by atoms with E-state index < -0.39 is 47.8 Å². The standard InChI is InChI=1S/C42H49F2N5O7/c1-52-31-16-12-28(13-17-31)42(27-9-4-3-5-10-27,29-14-18-32(53-2)19-15-29)55-25-36-38(50)39(54-22-8-21-47-40(51)34(46)11-6-7-20-45)41(56-36)49-26-48-37-33(44)23-30(43)24-35(37)49/h3-5,9-10,12-19,23-24,26,34,36,38-39,41,50H,6-8,11,20-22,25,45-46H2,1-2H3,(H,47,51)/t34-,36+,38+,39+,41+/m0/s1. The summed E-state index contributed by atoms with van der Waals surface area (Å²) in [6.07, 6.45) is -0.526. The van der Waals surface area contributed by atoms with Crippen LogP contribution in [0.4, 0.5) is 8.78 Å². The van der Waals surface area contributed by atoms with E-state index in [0.717, 1.165) is 41.7 Å². The maximum atomic E-state index is 14.8. The first-order chi connectivity index (χ1) is 27.2. The smallest absolute Gasteiger partial charge is 0.236 e. The number of aliphatic hydroxyl groups excluding tert-OH is 1. The molecule has 1 amide bonds. The first kappa shape index (κ1) is 40.7. The maximum Gasteiger partial charge on any atom is 0.236 e. The van der Waals surface area contributed by atoms with E-state index in [4.69, 9.17) is 35.2 Å². The molecular weight excluding hydrogens is 724 g/mol. The van der Waals surface area contributed by atoms with Crippen molar-refractivity contribution >= 4 is 16.9 Å². The first-order valence-corrected chi connectivity index (χ1v) is 18.7. The van der Waals surface area contributed by atoms with Crippen molar-refractivity contribution in [3.8, 4) is 11.5 Å². The summed E-state index contributed by atoms with van der Waals surface area (Å²) in [5, 5.41) is 14.7. The van der Waals surface area contributed by atoms with Crippen LogP contribution in [0.25, 0.3) is 11.0 Å². The zero-order chi connectivity index (χ0) is 39.7. The highest BCUT2D eigenvalue weighted by Gasteiger charge is 2.48. The number of carbonyl (C=O) groups is 1. The third-order valence-corrected chi connectivity index (χ3v) is 10.1. The van der Waals surface area contributed by atoms with E-state index in [9.17, 15) is 18.7 Å². The second kappa shape index (κ2) is 18.8. The number of hydrogen-bond donors (Lipinski definition) is 4. The first-order valence-electron chi connectivity index (χ1n) is 18.7. The van der Waals surface area contributed by atoms with Crippen LogP contribution in [-0.2, 0) is 24.6 Å². The number of methoxy groups -OCH3 is 2. The highest BCUT2D eigenvalue weighted by atomic mass is 19.1. The second-order valence-corrected chi connectivity index (χ2v) is 13.6. The summed E-state index contributed by atoms with van der Waals surface area (Å²) in [5.74, 6) is -0.582. The molecule has 6 rings (SSSR count). The van der Waals surface area contributed by atoms with E-state index in [1.807, 2.05) is 78.9 Å². The Balaban J connectivity index is 1.29. The molecule has 0 radical (unpaired) electrons. The van der Waals surface area contributed by atoms with Gasteiger partial charge in [-0.25, -0.2) is 13.8 Å². The number of fused-ring (bicyclic) bond motifs is 1. The number of ether oxygens (including phenoxy) is 5. The van der Waals surface area contributed by atoms with Crippen LogP contribution in [0.3, 0.4) is 0 Å². The lowest BCUT2D eigenvalue weighted by molar-refractivity contribution is -0.122. The molecule has 12 nitrogen and oxygen atoms in total. The lowest BCUT2D eigenvalue weighted by atomic mass is 9.80. The van der Waals surface area contributed by atoms with Gasteiger partial charge in [0.15, 0.2) is 12.0 Å². The number of nitrogens with zero attached hydrogens (tertiary/aromatic N) is 2. The maximum absolute atomic E-state index is 14.8. The van der Waals surface area contributed by atoms with Gasteiger partial charge in [-0.15, -0.1) is 0 Å². The van der Waals surface area contributed by atoms with Gasteiger partial charge in [-0.05, 0) is 66.8 Å². The third-order valence-electron chi connectivity index (χ3n) is 10.1. The molecule has 0 unspecified atom stereocenters. The largest absolute Gasteiger partial charge is 0.497 e. The zero-order valence-corrected chi connectivity index (χ0v) is 31.5. The monoisotopic (exact) mass is 773 g/mol. The molecule has 14 heteroatoms. The predicted octanol–water partition coefficient (Wildman–Crippen LogP) is 4.95. The number of hydrogen-bond acceptors (Lipinski definition) is 10. The molecule has 298 valence electrons. The molecule has 6 N–H and O–H groups in total. The summed E-state index contributed by atoms with van der Waals surface area (Å²) in [4.78, 5) is 16.7. The van der Waals surface area contributed by atoms with Crippen molar-refractivity contribution in [2.45, 2.75) is 61.9 Å². The number of aliphatic hydroxyl groups is 1. The summed E-state index contributed by atoms with van der Waals surface area (Å²) in [5.41, 5.74) is 12.8. The minimum Gasteiger partial charge on any atom is -0.497 e. The number of nitrogens with one attached hydrogen (secondary N) is 1. The minimum atomic E-state index is -1.26. The average Bonchev–Trinajstić information content (AvgIpc) is 3.78. The molecule has 56 heavy (non-hydrogen) atoms. The van der Waals surface area contributed by atoms with Crippen LogP contribution in [0, 0.1) is 11.6 Å². The van der Waals surface area contributed by atoms with E-state index in [0.29, 0.717) is 30.9 Å². The van der Waals surface area contributed by atoms with Crippen LogP contribution in [0.5, 0.6) is 11.5 Å². The fraction of sp³-hybridized carbons (Fsp3) is 0.381. The Hall–Kier alpha value is -4.96. The van der Waals surface area contributed by atoms with Crippen molar-refractivity contribution in [3.63, 3.8) is 0 Å². The second-order valence-electron chi connectivity index (χ2n) is 13.6. The quantitative estimate of drug-likeness (QED) is 0.0667. The van der Waals surface area contributed by atoms with Crippen LogP contribution in [-0.4, -0.2) is 85.4 Å². The summed E-state index contributed by atoms with van der Waals surface area (Å²) in [6.45, 7) is 0.781. The molecule has 5 aromatic rings. The highest BCUT2D eigenvalue weighted by Crippen LogP contribution is 2.43. The van der Waals surface area contributed by atoms with E-state index in [1.165, 1.54) is 10.9 Å². The van der Waals surface area contributed by atoms with Crippen molar-refractivity contribution in [2.24, 2.45) is 11.5 Å². The predicted molar refractivity (Wildman–Crippen MR) is 206 cm³/mol. The Morgan fingerprint density at radius 3 is 2.21 bits per heavy atom. The van der Waals surface area contributed by atoms with Crippen LogP contribution >= 0.6 is 0 Å². The van der Waals surface area contributed by atoms with Crippen molar-refractivity contribution in [1.29, 1.82) is 0 Å². The molecule has 2 heterocycles. The van der Waals surface area contributed by atoms with Gasteiger partial charge in [0.25, 0.3) is 0 Å². The Kier molecular flexibility index (Phi) is 13.7. The highest BCUT2D eigenvalue weighted by molar-refractivity contribution is 5.81. The van der Waals surface area contributed by atoms with Gasteiger partial charge in [0.1, 0.15) is 46.7 Å². The molecule has 0 aliphatic carbocycles. The Morgan fingerprint density at radius 1 is 0.946 bits per heavy atom. The Bertz CT molecular complexity index is 1970. The van der Waals surface area contributed by atoms with Crippen LogP contribution < -0.4 is 26.3 Å². The number of carbonyl (C=O) groups excluding carboxylic acids is 1. The molecule has 1 aliphatic heterocycles. The van der Waals surface area contributed by atoms with Crippen molar-refractivity contribution < 1.29 is 42.4 Å². The number of unbranched alkanes of at least 4 members (excludes halogenated alkanes) is 1. The number of halogens is 2. The number of imidazole rings is 1. The molecule has 0 saturated carbocycles. The lowest BCUT2D eigenvalue weighted by Crippen LogP contribution is -2.41. The van der Waals surface area contributed by atoms with Gasteiger partial charge in [-0.2, -0.15) is 0 Å². The molecular formula is C42H49F2N5O7. The minimum absolute atomic E-state index is 0.0597. The summed E-state index contributed by atoms with van der Waals surface area (Å²) >= 11 is 0. The van der Waals surface area contributed by atoms with Gasteiger partial charge in [-0.3, -0.25) is 4.79 Å². The molecule has 4 aromatic carbocycles. The SMILES string of the molecule is COc1ccc(C(OC[C@H]2O[C@@H](n3cnc4c(F)cc(F)cc43)[C@H](OCCCNC(=O)[C@@H](N)CCCCN)[C@@H]2O)(c2ccccc2)c2ccc(OC)cc2)cc1. The summed E-state index contributed by atoms with van der Waals surface area (Å²) in [6, 6.07) is 26.0. The Labute approximate surface area is 324 Å². The van der Waals surface area contributed by atoms with Gasteiger partial charge in [-0.1, -0.05) is 61.0 Å². The van der Waals surface area contributed by atoms with Gasteiger partial charge in [0.2, 0.25) is 5.91 Å². The van der Waals surface area contributed by atoms with Crippen LogP contribution in [0.2, 0.25) is 0 Å². The third kappa shape index (κ3) is 8.86. The fourth-order valence-electron chi connectivity index (χ4n) is 7.08. The topological polar surface area (TPSA) is 165 Å². The van der Waals surface area contributed by atoms with Crippen molar-refractivity contribution in [3.05, 3.63) is 126 Å². The fourth-order valence-corrected chi connectivity index (χ4v) is 7.08. The van der Waals surface area contributed by atoms with E-state index >= 15 is 0 Å². The van der Waals surface area contributed by atoms with Crippen LogP contribution in [0.15, 0.2) is 97.3 Å². The van der Waals surface area contributed by atoms with Gasteiger partial charge in [0, 0.05) is 25.3 Å². The number of aromatic nitrogens is 2. The normalized spacial score (nSPS) is 18.9. The number of benzene rings is 4. The number of amides is 1. The van der Waals surface area contributed by atoms with Crippen LogP contribution in [0.1, 0.15) is 48.6 Å². The molecule has 1 saturated heterocycles. The Morgan fingerprint density at radius 2 is 1.59 bits per heavy atom. The lowest BCUT2D eigenvalue weighted by Gasteiger charge is -2.37. The molecule has 1 aliphatic rings. The molecule has 5 atom stereocenters. The van der Waals surface area contributed by atoms with Gasteiger partial charge in [0.05, 0.1) is 38.7 Å². The van der Waals surface area contributed by atoms with E-state index in [2.05, 4.69) is 10.3 Å². The van der Waals surface area contributed by atoms with Gasteiger partial charge >= 0.3 is 0 Å². The zero-order valence-electron chi connectivity index (χ0n) is 31.5. The number of nitrogens with two attached hydrogens (primary N) is 2. The summed E-state index contributed by atoms with van der Waals surface area (Å²) < 4.78 is 61.5. The van der Waals surface area contributed by atoms with Gasteiger partial charge < -0.3 is 50.1 Å². The van der Waals surface area contributed by atoms with Crippen molar-refractivity contribution in [1.82, 2.24) is 14.9 Å². The van der Waals surface area contributed by atoms with E-state index in [-0.39, 0.29) is 36.7 Å². The van der Waals surface area contributed by atoms with Crippen molar-refractivity contribution in [2.75, 3.05) is 40.5 Å². The molecule has 0 bridgehead atoms. The van der Waals surface area contributed by atoms with E-state index in [1.54, 1.807) is 14.2 Å². The average molecular weight is 774 g/mol.